The van der Waals surface area contributed by atoms with E-state index in [0.717, 1.165) is 0 Å². The summed E-state index contributed by atoms with van der Waals surface area (Å²) in [6.45, 7) is 0.735. The molecule has 0 spiro atoms. The molecular formula is C21H24O9. The molecular weight excluding hydrogens is 396 g/mol. The minimum atomic E-state index is -1.55. The van der Waals surface area contributed by atoms with Crippen LogP contribution in [0.1, 0.15) is 5.56 Å². The van der Waals surface area contributed by atoms with Crippen molar-refractivity contribution in [1.82, 2.24) is 0 Å². The van der Waals surface area contributed by atoms with Crippen LogP contribution in [0.3, 0.4) is 0 Å². The smallest absolute Gasteiger partial charge is 0.341 e. The zero-order valence-corrected chi connectivity index (χ0v) is 16.2. The number of carbonyl (C=O) groups is 1. The molecule has 1 fully saturated rings. The van der Waals surface area contributed by atoms with Crippen molar-refractivity contribution in [3.63, 3.8) is 0 Å². The number of ether oxygens (including phenoxy) is 3. The normalized spacial score (nSPS) is 26.2. The molecule has 0 amide bonds. The topological polar surface area (TPSA) is 146 Å². The Hall–Kier alpha value is -2.69. The number of benzene rings is 2. The standard InChI is InChI=1S/C21H24O9/c1-11-12(6-4-8-14(11)28-10-17(23)24)13-5-2-3-7-15(13)29-21-20(27)19(26)18(25)16(9-22)30-21/h2-8,16,18-22,25-27H,9-10H2,1H3,(H,23,24)/t16-,18-,19+,20+,21+/m1/s1. The van der Waals surface area contributed by atoms with Crippen LogP contribution >= 0.6 is 0 Å². The van der Waals surface area contributed by atoms with Crippen LogP contribution in [-0.2, 0) is 9.53 Å². The Labute approximate surface area is 172 Å². The van der Waals surface area contributed by atoms with Gasteiger partial charge in [-0.25, -0.2) is 4.79 Å². The molecule has 0 unspecified atom stereocenters. The summed E-state index contributed by atoms with van der Waals surface area (Å²) in [6.07, 6.45) is -6.99. The second kappa shape index (κ2) is 9.41. The lowest BCUT2D eigenvalue weighted by Gasteiger charge is -2.39. The maximum Gasteiger partial charge on any atom is 0.341 e. The van der Waals surface area contributed by atoms with Gasteiger partial charge >= 0.3 is 5.97 Å². The van der Waals surface area contributed by atoms with Crippen LogP contribution < -0.4 is 9.47 Å². The lowest BCUT2D eigenvalue weighted by Crippen LogP contribution is -2.60. The lowest BCUT2D eigenvalue weighted by atomic mass is 9.98. The van der Waals surface area contributed by atoms with Gasteiger partial charge in [0.15, 0.2) is 6.61 Å². The lowest BCUT2D eigenvalue weighted by molar-refractivity contribution is -0.277. The summed E-state index contributed by atoms with van der Waals surface area (Å²) in [7, 11) is 0. The first-order valence-electron chi connectivity index (χ1n) is 9.34. The van der Waals surface area contributed by atoms with E-state index in [2.05, 4.69) is 0 Å². The van der Waals surface area contributed by atoms with Gasteiger partial charge in [-0.1, -0.05) is 30.3 Å². The number of carboxylic acid groups (broad SMARTS) is 1. The van der Waals surface area contributed by atoms with Gasteiger partial charge in [0.25, 0.3) is 0 Å². The number of aliphatic hydroxyl groups excluding tert-OH is 4. The highest BCUT2D eigenvalue weighted by Crippen LogP contribution is 2.37. The van der Waals surface area contributed by atoms with Gasteiger partial charge in [0, 0.05) is 5.56 Å². The van der Waals surface area contributed by atoms with Crippen LogP contribution in [0.5, 0.6) is 11.5 Å². The van der Waals surface area contributed by atoms with Crippen molar-refractivity contribution in [2.45, 2.75) is 37.6 Å². The van der Waals surface area contributed by atoms with Crippen molar-refractivity contribution in [2.75, 3.05) is 13.2 Å². The van der Waals surface area contributed by atoms with Gasteiger partial charge in [0.1, 0.15) is 35.9 Å². The second-order valence-electron chi connectivity index (χ2n) is 6.92. The Balaban J connectivity index is 1.90. The molecule has 1 aliphatic rings. The molecule has 5 N–H and O–H groups in total. The quantitative estimate of drug-likeness (QED) is 0.427. The predicted octanol–water partition coefficient (Wildman–Crippen LogP) is 0.304. The average Bonchev–Trinajstić information content (AvgIpc) is 2.74. The van der Waals surface area contributed by atoms with Gasteiger partial charge in [0.05, 0.1) is 6.61 Å². The molecule has 0 bridgehead atoms. The molecule has 2 aromatic carbocycles. The van der Waals surface area contributed by atoms with E-state index in [0.29, 0.717) is 28.2 Å². The minimum absolute atomic E-state index is 0.320. The molecule has 0 radical (unpaired) electrons. The molecule has 2 aromatic rings. The molecule has 30 heavy (non-hydrogen) atoms. The summed E-state index contributed by atoms with van der Waals surface area (Å²) in [5.41, 5.74) is 2.01. The van der Waals surface area contributed by atoms with Crippen LogP contribution in [0.25, 0.3) is 11.1 Å². The Kier molecular flexibility index (Phi) is 6.91. The van der Waals surface area contributed by atoms with Crippen LogP contribution in [0.4, 0.5) is 0 Å². The molecule has 1 heterocycles. The molecule has 1 saturated heterocycles. The van der Waals surface area contributed by atoms with E-state index in [1.54, 1.807) is 49.4 Å². The monoisotopic (exact) mass is 420 g/mol. The molecule has 0 aliphatic carbocycles. The summed E-state index contributed by atoms with van der Waals surface area (Å²) in [5.74, 6) is -0.371. The highest BCUT2D eigenvalue weighted by molar-refractivity contribution is 5.75. The number of aliphatic carboxylic acids is 1. The van der Waals surface area contributed by atoms with Crippen LogP contribution in [0.2, 0.25) is 0 Å². The number of carboxylic acids is 1. The fraction of sp³-hybridized carbons (Fsp3) is 0.381. The minimum Gasteiger partial charge on any atom is -0.482 e. The average molecular weight is 420 g/mol. The predicted molar refractivity (Wildman–Crippen MR) is 104 cm³/mol. The van der Waals surface area contributed by atoms with Crippen molar-refractivity contribution >= 4 is 5.97 Å². The van der Waals surface area contributed by atoms with Gasteiger partial charge < -0.3 is 39.7 Å². The third-order valence-electron chi connectivity index (χ3n) is 4.90. The Bertz CT molecular complexity index is 883. The Morgan fingerprint density at radius 1 is 0.967 bits per heavy atom. The van der Waals surface area contributed by atoms with E-state index in [9.17, 15) is 25.2 Å². The van der Waals surface area contributed by atoms with Gasteiger partial charge in [-0.15, -0.1) is 0 Å². The van der Waals surface area contributed by atoms with Crippen molar-refractivity contribution < 1.29 is 44.5 Å². The van der Waals surface area contributed by atoms with Crippen molar-refractivity contribution in [3.05, 3.63) is 48.0 Å². The van der Waals surface area contributed by atoms with E-state index in [1.165, 1.54) is 0 Å². The number of rotatable bonds is 7. The van der Waals surface area contributed by atoms with Crippen LogP contribution in [0, 0.1) is 6.92 Å². The molecule has 3 rings (SSSR count). The van der Waals surface area contributed by atoms with E-state index >= 15 is 0 Å². The fourth-order valence-electron chi connectivity index (χ4n) is 3.28. The van der Waals surface area contributed by atoms with Crippen molar-refractivity contribution in [2.24, 2.45) is 0 Å². The number of aliphatic hydroxyl groups is 4. The number of hydrogen-bond acceptors (Lipinski definition) is 8. The molecule has 9 nitrogen and oxygen atoms in total. The summed E-state index contributed by atoms with van der Waals surface area (Å²) < 4.78 is 16.6. The van der Waals surface area contributed by atoms with Gasteiger partial charge in [-0.3, -0.25) is 0 Å². The third-order valence-corrected chi connectivity index (χ3v) is 4.90. The summed E-state index contributed by atoms with van der Waals surface area (Å²) in [4.78, 5) is 10.8. The van der Waals surface area contributed by atoms with Gasteiger partial charge in [0.2, 0.25) is 6.29 Å². The first kappa shape index (κ1) is 22.0. The Morgan fingerprint density at radius 2 is 1.63 bits per heavy atom. The van der Waals surface area contributed by atoms with E-state index < -0.39 is 49.9 Å². The van der Waals surface area contributed by atoms with E-state index in [1.807, 2.05) is 0 Å². The number of hydrogen-bond donors (Lipinski definition) is 5. The van der Waals surface area contributed by atoms with Crippen molar-refractivity contribution in [3.8, 4) is 22.6 Å². The van der Waals surface area contributed by atoms with Crippen LogP contribution in [0.15, 0.2) is 42.5 Å². The molecule has 0 aromatic heterocycles. The zero-order chi connectivity index (χ0) is 21.8. The third kappa shape index (κ3) is 4.55. The van der Waals surface area contributed by atoms with Crippen molar-refractivity contribution in [1.29, 1.82) is 0 Å². The molecule has 1 aliphatic heterocycles. The fourth-order valence-corrected chi connectivity index (χ4v) is 3.28. The van der Waals surface area contributed by atoms with Gasteiger partial charge in [-0.05, 0) is 30.2 Å². The maximum absolute atomic E-state index is 10.8. The first-order chi connectivity index (χ1) is 14.3. The maximum atomic E-state index is 10.8. The summed E-state index contributed by atoms with van der Waals surface area (Å²) >= 11 is 0. The first-order valence-corrected chi connectivity index (χ1v) is 9.34. The second-order valence-corrected chi connectivity index (χ2v) is 6.92. The van der Waals surface area contributed by atoms with E-state index in [4.69, 9.17) is 19.3 Å². The molecule has 9 heteroatoms. The summed E-state index contributed by atoms with van der Waals surface area (Å²) in [6, 6.07) is 12.1. The number of para-hydroxylation sites is 1. The molecule has 5 atom stereocenters. The SMILES string of the molecule is Cc1c(OCC(=O)O)cccc1-c1ccccc1O[C@H]1O[C@H](CO)[C@@H](O)[C@H](O)[C@@H]1O. The van der Waals surface area contributed by atoms with Crippen LogP contribution in [-0.4, -0.2) is 75.4 Å². The largest absolute Gasteiger partial charge is 0.482 e. The zero-order valence-electron chi connectivity index (χ0n) is 16.2. The highest BCUT2D eigenvalue weighted by atomic mass is 16.7. The Morgan fingerprint density at radius 3 is 2.33 bits per heavy atom. The van der Waals surface area contributed by atoms with Gasteiger partial charge in [-0.2, -0.15) is 0 Å². The summed E-state index contributed by atoms with van der Waals surface area (Å²) in [5, 5.41) is 48.3. The highest BCUT2D eigenvalue weighted by Gasteiger charge is 2.44. The molecule has 162 valence electrons. The molecule has 0 saturated carbocycles. The van der Waals surface area contributed by atoms with E-state index in [-0.39, 0.29) is 0 Å².